The van der Waals surface area contributed by atoms with Gasteiger partial charge >= 0.3 is 0 Å². The number of likely N-dealkylation sites (N-methyl/N-ethyl adjacent to an activating group) is 1. The van der Waals surface area contributed by atoms with Crippen molar-refractivity contribution in [3.05, 3.63) is 60.2 Å². The summed E-state index contributed by atoms with van der Waals surface area (Å²) in [6.45, 7) is 1.51. The first-order valence-electron chi connectivity index (χ1n) is 9.90. The Kier molecular flexibility index (Phi) is 6.59. The number of amides is 1. The summed E-state index contributed by atoms with van der Waals surface area (Å²) >= 11 is 0. The van der Waals surface area contributed by atoms with Crippen molar-refractivity contribution in [2.75, 3.05) is 38.5 Å². The molecule has 6 nitrogen and oxygen atoms in total. The van der Waals surface area contributed by atoms with Gasteiger partial charge in [0.25, 0.3) is 15.9 Å². The lowest BCUT2D eigenvalue weighted by molar-refractivity contribution is 0.0574. The molecule has 1 aliphatic heterocycles. The zero-order chi connectivity index (χ0) is 21.0. The number of carbonyl (C=O) groups is 1. The fourth-order valence-corrected chi connectivity index (χ4v) is 5.01. The van der Waals surface area contributed by atoms with Gasteiger partial charge in [-0.1, -0.05) is 24.3 Å². The maximum Gasteiger partial charge on any atom is 0.264 e. The Balaban J connectivity index is 1.87. The van der Waals surface area contributed by atoms with Crippen molar-refractivity contribution in [2.45, 2.75) is 30.2 Å². The number of piperidine rings is 1. The second-order valence-electron chi connectivity index (χ2n) is 7.75. The molecule has 29 heavy (non-hydrogen) atoms. The topological polar surface area (TPSA) is 60.9 Å². The molecule has 1 aliphatic rings. The van der Waals surface area contributed by atoms with Gasteiger partial charge in [0.05, 0.1) is 10.6 Å². The Morgan fingerprint density at radius 3 is 2.45 bits per heavy atom. The molecule has 1 fully saturated rings. The van der Waals surface area contributed by atoms with Gasteiger partial charge in [-0.05, 0) is 63.7 Å². The normalized spacial score (nSPS) is 17.4. The number of rotatable bonds is 6. The number of likely N-dealkylation sites (tertiary alicyclic amines) is 1. The van der Waals surface area contributed by atoms with Gasteiger partial charge in [-0.3, -0.25) is 9.10 Å². The molecule has 3 rings (SSSR count). The monoisotopic (exact) mass is 415 g/mol. The summed E-state index contributed by atoms with van der Waals surface area (Å²) in [4.78, 5) is 17.3. The Hall–Kier alpha value is -2.38. The standard InChI is InChI=1S/C22H29N3O3S/c1-23(2)17-20-13-7-8-15-25(20)22(26)18-10-9-14-21(16-18)29(27,28)24(3)19-11-5-4-6-12-19/h4-6,9-12,14,16,20H,7-8,13,15,17H2,1-3H3/t20-/m1/s1. The Morgan fingerprint density at radius 2 is 1.76 bits per heavy atom. The number of hydrogen-bond donors (Lipinski definition) is 0. The molecule has 156 valence electrons. The average molecular weight is 416 g/mol. The van der Waals surface area contributed by atoms with E-state index in [4.69, 9.17) is 0 Å². The minimum absolute atomic E-state index is 0.101. The third-order valence-corrected chi connectivity index (χ3v) is 7.10. The number of hydrogen-bond acceptors (Lipinski definition) is 4. The van der Waals surface area contributed by atoms with Crippen LogP contribution < -0.4 is 4.31 Å². The first kappa shape index (κ1) is 21.3. The van der Waals surface area contributed by atoms with Crippen LogP contribution in [0, 0.1) is 0 Å². The SMILES string of the molecule is CN(C)C[C@H]1CCCCN1C(=O)c1cccc(S(=O)(=O)N(C)c2ccccc2)c1. The van der Waals surface area contributed by atoms with E-state index in [1.54, 1.807) is 42.5 Å². The zero-order valence-electron chi connectivity index (χ0n) is 17.3. The lowest BCUT2D eigenvalue weighted by Gasteiger charge is -2.37. The van der Waals surface area contributed by atoms with Crippen LogP contribution in [0.25, 0.3) is 0 Å². The zero-order valence-corrected chi connectivity index (χ0v) is 18.1. The van der Waals surface area contributed by atoms with E-state index >= 15 is 0 Å². The molecule has 7 heteroatoms. The second-order valence-corrected chi connectivity index (χ2v) is 9.72. The lowest BCUT2D eigenvalue weighted by Crippen LogP contribution is -2.48. The van der Waals surface area contributed by atoms with Crippen molar-refractivity contribution >= 4 is 21.6 Å². The van der Waals surface area contributed by atoms with Crippen LogP contribution in [0.15, 0.2) is 59.5 Å². The van der Waals surface area contributed by atoms with Crippen LogP contribution >= 0.6 is 0 Å². The summed E-state index contributed by atoms with van der Waals surface area (Å²) in [5, 5.41) is 0. The van der Waals surface area contributed by atoms with Gasteiger partial charge in [0, 0.05) is 31.7 Å². The first-order valence-corrected chi connectivity index (χ1v) is 11.3. The van der Waals surface area contributed by atoms with E-state index in [0.717, 1.165) is 25.8 Å². The maximum atomic E-state index is 13.2. The highest BCUT2D eigenvalue weighted by Gasteiger charge is 2.29. The summed E-state index contributed by atoms with van der Waals surface area (Å²) in [5.74, 6) is -0.101. The molecule has 0 N–H and O–H groups in total. The molecule has 0 unspecified atom stereocenters. The van der Waals surface area contributed by atoms with E-state index in [1.165, 1.54) is 17.4 Å². The van der Waals surface area contributed by atoms with Crippen LogP contribution in [0.3, 0.4) is 0 Å². The molecule has 1 heterocycles. The van der Waals surface area contributed by atoms with E-state index in [1.807, 2.05) is 25.1 Å². The van der Waals surface area contributed by atoms with Crippen molar-refractivity contribution in [1.29, 1.82) is 0 Å². The van der Waals surface area contributed by atoms with Crippen LogP contribution in [0.2, 0.25) is 0 Å². The van der Waals surface area contributed by atoms with Gasteiger partial charge in [-0.2, -0.15) is 0 Å². The summed E-state index contributed by atoms with van der Waals surface area (Å²) in [6.07, 6.45) is 3.06. The Labute approximate surface area is 173 Å². The summed E-state index contributed by atoms with van der Waals surface area (Å²) in [5.41, 5.74) is 0.990. The van der Waals surface area contributed by atoms with Gasteiger partial charge in [0.15, 0.2) is 0 Å². The molecule has 1 amide bonds. The van der Waals surface area contributed by atoms with E-state index < -0.39 is 10.0 Å². The second kappa shape index (κ2) is 8.97. The number of nitrogens with zero attached hydrogens (tertiary/aromatic N) is 3. The van der Waals surface area contributed by atoms with Crippen molar-refractivity contribution < 1.29 is 13.2 Å². The average Bonchev–Trinajstić information content (AvgIpc) is 2.73. The van der Waals surface area contributed by atoms with Crippen LogP contribution in [0.4, 0.5) is 5.69 Å². The van der Waals surface area contributed by atoms with Crippen molar-refractivity contribution in [2.24, 2.45) is 0 Å². The molecule has 0 spiro atoms. The van der Waals surface area contributed by atoms with E-state index in [0.29, 0.717) is 17.8 Å². The number of benzene rings is 2. The van der Waals surface area contributed by atoms with Crippen LogP contribution in [-0.2, 0) is 10.0 Å². The molecule has 2 aromatic rings. The van der Waals surface area contributed by atoms with Crippen LogP contribution in [-0.4, -0.2) is 64.4 Å². The predicted octanol–water partition coefficient (Wildman–Crippen LogP) is 3.07. The van der Waals surface area contributed by atoms with Crippen LogP contribution in [0.1, 0.15) is 29.6 Å². The van der Waals surface area contributed by atoms with Gasteiger partial charge < -0.3 is 9.80 Å². The van der Waals surface area contributed by atoms with Gasteiger partial charge in [-0.15, -0.1) is 0 Å². The molecule has 0 aromatic heterocycles. The molecule has 1 saturated heterocycles. The first-order chi connectivity index (χ1) is 13.8. The number of anilines is 1. The molecule has 0 bridgehead atoms. The number of para-hydroxylation sites is 1. The molecular formula is C22H29N3O3S. The minimum Gasteiger partial charge on any atom is -0.334 e. The predicted molar refractivity (Wildman–Crippen MR) is 116 cm³/mol. The molecule has 0 radical (unpaired) electrons. The van der Waals surface area contributed by atoms with Crippen molar-refractivity contribution in [1.82, 2.24) is 9.80 Å². The molecule has 2 aromatic carbocycles. The lowest BCUT2D eigenvalue weighted by atomic mass is 10.0. The fraction of sp³-hybridized carbons (Fsp3) is 0.409. The highest BCUT2D eigenvalue weighted by molar-refractivity contribution is 7.92. The highest BCUT2D eigenvalue weighted by Crippen LogP contribution is 2.24. The van der Waals surface area contributed by atoms with Crippen molar-refractivity contribution in [3.63, 3.8) is 0 Å². The highest BCUT2D eigenvalue weighted by atomic mass is 32.2. The molecule has 0 saturated carbocycles. The van der Waals surface area contributed by atoms with E-state index in [2.05, 4.69) is 4.90 Å². The van der Waals surface area contributed by atoms with Crippen molar-refractivity contribution in [3.8, 4) is 0 Å². The number of carbonyl (C=O) groups excluding carboxylic acids is 1. The Morgan fingerprint density at radius 1 is 1.03 bits per heavy atom. The summed E-state index contributed by atoms with van der Waals surface area (Å²) in [7, 11) is 1.78. The minimum atomic E-state index is -3.76. The largest absolute Gasteiger partial charge is 0.334 e. The fourth-order valence-electron chi connectivity index (χ4n) is 3.77. The Bertz CT molecular complexity index is 945. The van der Waals surface area contributed by atoms with Crippen LogP contribution in [0.5, 0.6) is 0 Å². The smallest absolute Gasteiger partial charge is 0.264 e. The van der Waals surface area contributed by atoms with E-state index in [-0.39, 0.29) is 16.8 Å². The summed E-state index contributed by atoms with van der Waals surface area (Å²) < 4.78 is 27.4. The molecule has 0 aliphatic carbocycles. The molecular weight excluding hydrogens is 386 g/mol. The number of sulfonamides is 1. The van der Waals surface area contributed by atoms with Gasteiger partial charge in [0.1, 0.15) is 0 Å². The maximum absolute atomic E-state index is 13.2. The van der Waals surface area contributed by atoms with E-state index in [9.17, 15) is 13.2 Å². The van der Waals surface area contributed by atoms with Gasteiger partial charge in [0.2, 0.25) is 0 Å². The molecule has 1 atom stereocenters. The quantitative estimate of drug-likeness (QED) is 0.728. The third-order valence-electron chi connectivity index (χ3n) is 5.32. The van der Waals surface area contributed by atoms with Gasteiger partial charge in [-0.25, -0.2) is 8.42 Å². The summed E-state index contributed by atoms with van der Waals surface area (Å²) in [6, 6.07) is 15.4. The third kappa shape index (κ3) is 4.79.